The fourth-order valence-electron chi connectivity index (χ4n) is 1.91. The summed E-state index contributed by atoms with van der Waals surface area (Å²) < 4.78 is 0. The van der Waals surface area contributed by atoms with E-state index in [0.717, 1.165) is 25.7 Å². The number of hydrogen-bond donors (Lipinski definition) is 1. The van der Waals surface area contributed by atoms with E-state index in [1.807, 2.05) is 0 Å². The van der Waals surface area contributed by atoms with Crippen molar-refractivity contribution in [1.82, 2.24) is 9.80 Å². The third-order valence-corrected chi connectivity index (χ3v) is 2.94. The fraction of sp³-hybridized carbons (Fsp3) is 0.889. The van der Waals surface area contributed by atoms with Crippen LogP contribution in [-0.2, 0) is 0 Å². The molecule has 13 heavy (non-hydrogen) atoms. The van der Waals surface area contributed by atoms with Crippen LogP contribution < -0.4 is 0 Å². The highest BCUT2D eigenvalue weighted by Gasteiger charge is 2.34. The minimum Gasteiger partial charge on any atom is -0.465 e. The monoisotopic (exact) mass is 184 g/mol. The Labute approximate surface area is 78.1 Å². The number of likely N-dealkylation sites (tertiary alicyclic amines) is 1. The van der Waals surface area contributed by atoms with Gasteiger partial charge in [0.25, 0.3) is 0 Å². The zero-order chi connectivity index (χ0) is 9.42. The zero-order valence-corrected chi connectivity index (χ0v) is 7.94. The molecular formula is C9H16N2O2. The van der Waals surface area contributed by atoms with Crippen LogP contribution in [0.25, 0.3) is 0 Å². The van der Waals surface area contributed by atoms with Crippen molar-refractivity contribution in [3.63, 3.8) is 0 Å². The summed E-state index contributed by atoms with van der Waals surface area (Å²) >= 11 is 0. The second-order valence-electron chi connectivity index (χ2n) is 4.22. The van der Waals surface area contributed by atoms with Gasteiger partial charge in [-0.15, -0.1) is 0 Å². The summed E-state index contributed by atoms with van der Waals surface area (Å²) in [7, 11) is 2.14. The van der Waals surface area contributed by atoms with Gasteiger partial charge < -0.3 is 14.9 Å². The lowest BCUT2D eigenvalue weighted by Gasteiger charge is -2.39. The minimum absolute atomic E-state index is 0.571. The largest absolute Gasteiger partial charge is 0.465 e. The molecule has 1 saturated heterocycles. The van der Waals surface area contributed by atoms with Gasteiger partial charge in [-0.05, 0) is 19.9 Å². The Kier molecular flexibility index (Phi) is 2.15. The maximum Gasteiger partial charge on any atom is 0.407 e. The maximum atomic E-state index is 10.5. The molecule has 0 unspecified atom stereocenters. The van der Waals surface area contributed by atoms with E-state index in [1.54, 1.807) is 0 Å². The molecule has 0 radical (unpaired) electrons. The van der Waals surface area contributed by atoms with E-state index in [-0.39, 0.29) is 0 Å². The molecule has 1 heterocycles. The molecule has 0 aromatic rings. The summed E-state index contributed by atoms with van der Waals surface area (Å²) in [5.41, 5.74) is 0. The van der Waals surface area contributed by atoms with Crippen molar-refractivity contribution in [2.45, 2.75) is 18.9 Å². The standard InChI is InChI=1S/C9H16N2O2/c1-10(8-2-3-8)4-7-5-11(6-7)9(12)13/h7-8H,2-6H2,1H3,(H,12,13). The van der Waals surface area contributed by atoms with E-state index in [2.05, 4.69) is 11.9 Å². The Morgan fingerprint density at radius 1 is 1.54 bits per heavy atom. The normalized spacial score (nSPS) is 23.4. The lowest BCUT2D eigenvalue weighted by Crippen LogP contribution is -2.53. The molecule has 2 rings (SSSR count). The van der Waals surface area contributed by atoms with E-state index < -0.39 is 6.09 Å². The number of carbonyl (C=O) groups is 1. The average Bonchev–Trinajstić information content (AvgIpc) is 2.75. The highest BCUT2D eigenvalue weighted by Crippen LogP contribution is 2.27. The van der Waals surface area contributed by atoms with Crippen molar-refractivity contribution in [1.29, 1.82) is 0 Å². The van der Waals surface area contributed by atoms with Gasteiger partial charge in [0.15, 0.2) is 0 Å². The van der Waals surface area contributed by atoms with E-state index in [1.165, 1.54) is 17.7 Å². The number of amides is 1. The maximum absolute atomic E-state index is 10.5. The second-order valence-corrected chi connectivity index (χ2v) is 4.22. The molecule has 1 aliphatic carbocycles. The van der Waals surface area contributed by atoms with Gasteiger partial charge in [-0.2, -0.15) is 0 Å². The highest BCUT2D eigenvalue weighted by atomic mass is 16.4. The SMILES string of the molecule is CN(CC1CN(C(=O)O)C1)C1CC1. The van der Waals surface area contributed by atoms with Crippen LogP contribution in [0.15, 0.2) is 0 Å². The molecule has 0 bridgehead atoms. The first kappa shape index (κ1) is 8.81. The van der Waals surface area contributed by atoms with Crippen molar-refractivity contribution >= 4 is 6.09 Å². The third-order valence-electron chi connectivity index (χ3n) is 2.94. The Balaban J connectivity index is 1.65. The first-order valence-electron chi connectivity index (χ1n) is 4.85. The Morgan fingerprint density at radius 3 is 2.62 bits per heavy atom. The van der Waals surface area contributed by atoms with Gasteiger partial charge >= 0.3 is 6.09 Å². The average molecular weight is 184 g/mol. The van der Waals surface area contributed by atoms with Gasteiger partial charge in [-0.25, -0.2) is 4.79 Å². The Hall–Kier alpha value is -0.770. The first-order chi connectivity index (χ1) is 6.16. The van der Waals surface area contributed by atoms with Crippen LogP contribution in [0.2, 0.25) is 0 Å². The molecule has 1 N–H and O–H groups in total. The third kappa shape index (κ3) is 1.94. The van der Waals surface area contributed by atoms with Crippen molar-refractivity contribution in [2.75, 3.05) is 26.7 Å². The Bertz CT molecular complexity index is 210. The molecule has 1 aliphatic heterocycles. The van der Waals surface area contributed by atoms with Crippen molar-refractivity contribution in [3.05, 3.63) is 0 Å². The van der Waals surface area contributed by atoms with Gasteiger partial charge in [0, 0.05) is 31.6 Å². The molecule has 74 valence electrons. The van der Waals surface area contributed by atoms with Crippen molar-refractivity contribution in [2.24, 2.45) is 5.92 Å². The number of rotatable bonds is 3. The lowest BCUT2D eigenvalue weighted by molar-refractivity contribution is 0.0654. The first-order valence-corrected chi connectivity index (χ1v) is 4.85. The van der Waals surface area contributed by atoms with Crippen LogP contribution in [0.1, 0.15) is 12.8 Å². The van der Waals surface area contributed by atoms with Crippen LogP contribution >= 0.6 is 0 Å². The molecule has 0 aromatic heterocycles. The highest BCUT2D eigenvalue weighted by molar-refractivity contribution is 5.66. The molecule has 0 atom stereocenters. The summed E-state index contributed by atoms with van der Waals surface area (Å²) in [6.45, 7) is 2.52. The molecule has 2 aliphatic rings. The predicted octanol–water partition coefficient (Wildman–Crippen LogP) is 0.690. The number of carboxylic acid groups (broad SMARTS) is 1. The van der Waals surface area contributed by atoms with Gasteiger partial charge in [0.2, 0.25) is 0 Å². The molecule has 4 nitrogen and oxygen atoms in total. The topological polar surface area (TPSA) is 43.8 Å². The molecular weight excluding hydrogens is 168 g/mol. The summed E-state index contributed by atoms with van der Waals surface area (Å²) in [4.78, 5) is 14.3. The molecule has 4 heteroatoms. The Morgan fingerprint density at radius 2 is 2.15 bits per heavy atom. The van der Waals surface area contributed by atoms with Crippen LogP contribution in [0.3, 0.4) is 0 Å². The predicted molar refractivity (Wildman–Crippen MR) is 48.7 cm³/mol. The lowest BCUT2D eigenvalue weighted by atomic mass is 10.0. The van der Waals surface area contributed by atoms with Crippen LogP contribution in [0, 0.1) is 5.92 Å². The summed E-state index contributed by atoms with van der Waals surface area (Å²) in [6.07, 6.45) is 1.88. The van der Waals surface area contributed by atoms with E-state index >= 15 is 0 Å². The number of nitrogens with zero attached hydrogens (tertiary/aromatic N) is 2. The fourth-order valence-corrected chi connectivity index (χ4v) is 1.91. The van der Waals surface area contributed by atoms with Crippen LogP contribution in [-0.4, -0.2) is 53.7 Å². The van der Waals surface area contributed by atoms with E-state index in [9.17, 15) is 4.79 Å². The molecule has 1 amide bonds. The molecule has 2 fully saturated rings. The van der Waals surface area contributed by atoms with Gasteiger partial charge in [-0.1, -0.05) is 0 Å². The van der Waals surface area contributed by atoms with Crippen LogP contribution in [0.5, 0.6) is 0 Å². The quantitative estimate of drug-likeness (QED) is 0.701. The summed E-state index contributed by atoms with van der Waals surface area (Å²) in [5.74, 6) is 0.571. The molecule has 0 aromatic carbocycles. The molecule has 0 spiro atoms. The minimum atomic E-state index is -0.773. The van der Waals surface area contributed by atoms with Crippen molar-refractivity contribution < 1.29 is 9.90 Å². The smallest absolute Gasteiger partial charge is 0.407 e. The van der Waals surface area contributed by atoms with Gasteiger partial charge in [-0.3, -0.25) is 0 Å². The summed E-state index contributed by atoms with van der Waals surface area (Å²) in [5, 5.41) is 8.62. The number of hydrogen-bond acceptors (Lipinski definition) is 2. The summed E-state index contributed by atoms with van der Waals surface area (Å²) in [6, 6.07) is 0.791. The van der Waals surface area contributed by atoms with Gasteiger partial charge in [0.05, 0.1) is 0 Å². The van der Waals surface area contributed by atoms with Crippen molar-refractivity contribution in [3.8, 4) is 0 Å². The second kappa shape index (κ2) is 3.18. The van der Waals surface area contributed by atoms with E-state index in [4.69, 9.17) is 5.11 Å². The molecule has 1 saturated carbocycles. The van der Waals surface area contributed by atoms with Crippen LogP contribution in [0.4, 0.5) is 4.79 Å². The van der Waals surface area contributed by atoms with Gasteiger partial charge in [0.1, 0.15) is 0 Å². The zero-order valence-electron chi connectivity index (χ0n) is 7.94. The van der Waals surface area contributed by atoms with E-state index in [0.29, 0.717) is 5.92 Å².